The molecule has 1 heterocycles. The van der Waals surface area contributed by atoms with Crippen molar-refractivity contribution in [2.45, 2.75) is 24.8 Å². The summed E-state index contributed by atoms with van der Waals surface area (Å²) in [5, 5.41) is -0.212. The van der Waals surface area contributed by atoms with Crippen molar-refractivity contribution in [1.82, 2.24) is 0 Å². The van der Waals surface area contributed by atoms with Crippen molar-refractivity contribution < 1.29 is 18.9 Å². The number of halogens is 1. The third-order valence-corrected chi connectivity index (χ3v) is 4.25. The highest BCUT2D eigenvalue weighted by Gasteiger charge is 2.33. The molecule has 1 aromatic rings. The zero-order chi connectivity index (χ0) is 14.7. The first-order chi connectivity index (χ1) is 9.60. The first-order valence-electron chi connectivity index (χ1n) is 6.66. The number of alkyl halides is 1. The first kappa shape index (κ1) is 15.3. The van der Waals surface area contributed by atoms with Crippen LogP contribution in [0.15, 0.2) is 12.1 Å². The summed E-state index contributed by atoms with van der Waals surface area (Å²) in [5.74, 6) is 2.30. The molecule has 1 aromatic carbocycles. The number of benzene rings is 1. The van der Waals surface area contributed by atoms with E-state index in [2.05, 4.69) is 6.92 Å². The molecule has 5 heteroatoms. The summed E-state index contributed by atoms with van der Waals surface area (Å²) < 4.78 is 21.8. The van der Waals surface area contributed by atoms with Crippen LogP contribution in [-0.2, 0) is 4.74 Å². The average molecular weight is 301 g/mol. The fourth-order valence-electron chi connectivity index (χ4n) is 2.59. The number of methoxy groups -OCH3 is 3. The van der Waals surface area contributed by atoms with Crippen LogP contribution in [0.3, 0.4) is 0 Å². The second-order valence-electron chi connectivity index (χ2n) is 4.99. The van der Waals surface area contributed by atoms with Crippen LogP contribution in [0, 0.1) is 5.92 Å². The molecule has 0 aliphatic carbocycles. The van der Waals surface area contributed by atoms with Gasteiger partial charge in [-0.2, -0.15) is 0 Å². The standard InChI is InChI=1S/C15H21ClO4/c1-9-5-10(8-20-9)15(16)14-12(18-3)6-11(17-2)7-13(14)19-4/h6-7,9-10,15H,5,8H2,1-4H3. The van der Waals surface area contributed by atoms with Crippen LogP contribution in [-0.4, -0.2) is 34.0 Å². The zero-order valence-corrected chi connectivity index (χ0v) is 13.1. The molecule has 0 radical (unpaired) electrons. The molecular formula is C15H21ClO4. The quantitative estimate of drug-likeness (QED) is 0.781. The van der Waals surface area contributed by atoms with Gasteiger partial charge in [0.1, 0.15) is 17.2 Å². The summed E-state index contributed by atoms with van der Waals surface area (Å²) in [7, 11) is 4.85. The summed E-state index contributed by atoms with van der Waals surface area (Å²) in [6.07, 6.45) is 1.18. The second-order valence-corrected chi connectivity index (χ2v) is 5.46. The maximum atomic E-state index is 6.66. The Bertz CT molecular complexity index is 438. The molecule has 1 saturated heterocycles. The summed E-state index contributed by atoms with van der Waals surface area (Å²) in [4.78, 5) is 0. The third kappa shape index (κ3) is 2.96. The van der Waals surface area contributed by atoms with Gasteiger partial charge in [0.2, 0.25) is 0 Å². The largest absolute Gasteiger partial charge is 0.496 e. The van der Waals surface area contributed by atoms with Crippen LogP contribution in [0.4, 0.5) is 0 Å². The number of hydrogen-bond donors (Lipinski definition) is 0. The predicted octanol–water partition coefficient (Wildman–Crippen LogP) is 3.42. The fourth-order valence-corrected chi connectivity index (χ4v) is 2.99. The van der Waals surface area contributed by atoms with Crippen LogP contribution in [0.25, 0.3) is 0 Å². The molecule has 1 aliphatic rings. The lowest BCUT2D eigenvalue weighted by atomic mass is 9.95. The fraction of sp³-hybridized carbons (Fsp3) is 0.600. The molecule has 0 bridgehead atoms. The van der Waals surface area contributed by atoms with Crippen LogP contribution in [0.1, 0.15) is 24.3 Å². The Balaban J connectivity index is 2.38. The minimum Gasteiger partial charge on any atom is -0.496 e. The highest BCUT2D eigenvalue weighted by molar-refractivity contribution is 6.21. The summed E-state index contributed by atoms with van der Waals surface area (Å²) in [6.45, 7) is 2.72. The summed E-state index contributed by atoms with van der Waals surface area (Å²) in [6, 6.07) is 3.65. The maximum absolute atomic E-state index is 6.66. The first-order valence-corrected chi connectivity index (χ1v) is 7.09. The van der Waals surface area contributed by atoms with Crippen molar-refractivity contribution in [1.29, 1.82) is 0 Å². The van der Waals surface area contributed by atoms with E-state index in [1.165, 1.54) is 0 Å². The molecule has 112 valence electrons. The van der Waals surface area contributed by atoms with Gasteiger partial charge in [-0.05, 0) is 13.3 Å². The van der Waals surface area contributed by atoms with Crippen LogP contribution in [0.5, 0.6) is 17.2 Å². The van der Waals surface area contributed by atoms with Gasteiger partial charge >= 0.3 is 0 Å². The molecule has 3 unspecified atom stereocenters. The molecule has 20 heavy (non-hydrogen) atoms. The molecule has 0 spiro atoms. The maximum Gasteiger partial charge on any atom is 0.130 e. The Labute approximate surface area is 124 Å². The van der Waals surface area contributed by atoms with Crippen LogP contribution in [0.2, 0.25) is 0 Å². The van der Waals surface area contributed by atoms with Gasteiger partial charge in [0.05, 0.1) is 45.0 Å². The molecule has 2 rings (SSSR count). The van der Waals surface area contributed by atoms with Crippen molar-refractivity contribution in [3.63, 3.8) is 0 Å². The average Bonchev–Trinajstić information content (AvgIpc) is 2.91. The Morgan fingerprint density at radius 3 is 2.15 bits per heavy atom. The lowest BCUT2D eigenvalue weighted by molar-refractivity contribution is 0.119. The Morgan fingerprint density at radius 1 is 1.15 bits per heavy atom. The number of rotatable bonds is 5. The normalized spacial score (nSPS) is 23.4. The van der Waals surface area contributed by atoms with Gasteiger partial charge < -0.3 is 18.9 Å². The minimum absolute atomic E-state index is 0.212. The minimum atomic E-state index is -0.212. The SMILES string of the molecule is COc1cc(OC)c(C(Cl)C2COC(C)C2)c(OC)c1. The number of ether oxygens (including phenoxy) is 4. The monoisotopic (exact) mass is 300 g/mol. The van der Waals surface area contributed by atoms with Crippen LogP contribution < -0.4 is 14.2 Å². The summed E-state index contributed by atoms with van der Waals surface area (Å²) in [5.41, 5.74) is 0.861. The second kappa shape index (κ2) is 6.55. The molecule has 3 atom stereocenters. The van der Waals surface area contributed by atoms with E-state index in [0.717, 1.165) is 12.0 Å². The molecular weight excluding hydrogens is 280 g/mol. The van der Waals surface area contributed by atoms with Gasteiger partial charge in [0.15, 0.2) is 0 Å². The highest BCUT2D eigenvalue weighted by atomic mass is 35.5. The van der Waals surface area contributed by atoms with Crippen molar-refractivity contribution in [3.05, 3.63) is 17.7 Å². The van der Waals surface area contributed by atoms with E-state index in [1.54, 1.807) is 21.3 Å². The molecule has 1 aliphatic heterocycles. The Morgan fingerprint density at radius 2 is 1.75 bits per heavy atom. The van der Waals surface area contributed by atoms with E-state index in [0.29, 0.717) is 23.9 Å². The molecule has 1 fully saturated rings. The predicted molar refractivity (Wildman–Crippen MR) is 78.2 cm³/mol. The van der Waals surface area contributed by atoms with Crippen molar-refractivity contribution >= 4 is 11.6 Å². The van der Waals surface area contributed by atoms with Crippen molar-refractivity contribution in [3.8, 4) is 17.2 Å². The third-order valence-electron chi connectivity index (χ3n) is 3.67. The molecule has 0 saturated carbocycles. The van der Waals surface area contributed by atoms with E-state index in [4.69, 9.17) is 30.5 Å². The van der Waals surface area contributed by atoms with Crippen molar-refractivity contribution in [2.24, 2.45) is 5.92 Å². The number of hydrogen-bond acceptors (Lipinski definition) is 4. The van der Waals surface area contributed by atoms with Gasteiger partial charge in [0.25, 0.3) is 0 Å². The van der Waals surface area contributed by atoms with E-state index in [-0.39, 0.29) is 17.4 Å². The molecule has 0 N–H and O–H groups in total. The topological polar surface area (TPSA) is 36.9 Å². The van der Waals surface area contributed by atoms with E-state index in [9.17, 15) is 0 Å². The highest BCUT2D eigenvalue weighted by Crippen LogP contribution is 2.46. The van der Waals surface area contributed by atoms with E-state index >= 15 is 0 Å². The van der Waals surface area contributed by atoms with Gasteiger partial charge in [0, 0.05) is 18.1 Å². The van der Waals surface area contributed by atoms with Gasteiger partial charge in [-0.3, -0.25) is 0 Å². The molecule has 0 aromatic heterocycles. The molecule has 4 nitrogen and oxygen atoms in total. The van der Waals surface area contributed by atoms with Gasteiger partial charge in [-0.25, -0.2) is 0 Å². The van der Waals surface area contributed by atoms with Crippen molar-refractivity contribution in [2.75, 3.05) is 27.9 Å². The lowest BCUT2D eigenvalue weighted by Crippen LogP contribution is -2.11. The van der Waals surface area contributed by atoms with Crippen LogP contribution >= 0.6 is 11.6 Å². The summed E-state index contributed by atoms with van der Waals surface area (Å²) >= 11 is 6.66. The zero-order valence-electron chi connectivity index (χ0n) is 12.3. The Kier molecular flexibility index (Phi) is 5.00. The Hall–Kier alpha value is -1.13. The van der Waals surface area contributed by atoms with Gasteiger partial charge in [-0.15, -0.1) is 11.6 Å². The van der Waals surface area contributed by atoms with E-state index in [1.807, 2.05) is 12.1 Å². The van der Waals surface area contributed by atoms with E-state index < -0.39 is 0 Å². The smallest absolute Gasteiger partial charge is 0.130 e. The molecule has 0 amide bonds. The van der Waals surface area contributed by atoms with Gasteiger partial charge in [-0.1, -0.05) is 0 Å². The lowest BCUT2D eigenvalue weighted by Gasteiger charge is -2.22.